The van der Waals surface area contributed by atoms with Crippen LogP contribution in [-0.4, -0.2) is 10.8 Å². The molecular formula is C20H14F3NO. The summed E-state index contributed by atoms with van der Waals surface area (Å²) in [5.74, 6) is -0.339. The number of nitrogens with zero attached hydrogens (tertiary/aromatic N) is 1. The summed E-state index contributed by atoms with van der Waals surface area (Å²) in [6.45, 7) is 1.90. The first-order chi connectivity index (χ1) is 11.9. The van der Waals surface area contributed by atoms with Gasteiger partial charge in [0.15, 0.2) is 5.78 Å². The lowest BCUT2D eigenvalue weighted by molar-refractivity contribution is -0.137. The fraction of sp³-hybridized carbons (Fsp3) is 0.100. The van der Waals surface area contributed by atoms with Crippen molar-refractivity contribution < 1.29 is 18.0 Å². The number of ketones is 1. The third-order valence-corrected chi connectivity index (χ3v) is 3.83. The van der Waals surface area contributed by atoms with Crippen LogP contribution in [0, 0.1) is 6.92 Å². The van der Waals surface area contributed by atoms with Crippen LogP contribution in [0.1, 0.15) is 27.0 Å². The Morgan fingerprint density at radius 3 is 2.28 bits per heavy atom. The van der Waals surface area contributed by atoms with Gasteiger partial charge < -0.3 is 0 Å². The average Bonchev–Trinajstić information content (AvgIpc) is 2.61. The lowest BCUT2D eigenvalue weighted by atomic mass is 9.94. The number of benzene rings is 2. The van der Waals surface area contributed by atoms with Crippen molar-refractivity contribution in [3.05, 3.63) is 89.1 Å². The highest BCUT2D eigenvalue weighted by molar-refractivity contribution is 6.12. The van der Waals surface area contributed by atoms with Gasteiger partial charge in [-0.3, -0.25) is 9.78 Å². The second-order valence-corrected chi connectivity index (χ2v) is 5.67. The molecule has 0 saturated heterocycles. The Balaban J connectivity index is 2.03. The zero-order valence-corrected chi connectivity index (χ0v) is 13.3. The van der Waals surface area contributed by atoms with Gasteiger partial charge in [0.2, 0.25) is 0 Å². The highest BCUT2D eigenvalue weighted by Gasteiger charge is 2.30. The summed E-state index contributed by atoms with van der Waals surface area (Å²) in [5, 5.41) is 0. The molecule has 0 radical (unpaired) electrons. The van der Waals surface area contributed by atoms with Crippen molar-refractivity contribution >= 4 is 5.78 Å². The molecule has 0 fully saturated rings. The van der Waals surface area contributed by atoms with Gasteiger partial charge in [-0.05, 0) is 37.3 Å². The Morgan fingerprint density at radius 2 is 1.68 bits per heavy atom. The number of pyridine rings is 1. The molecule has 2 nitrogen and oxygen atoms in total. The van der Waals surface area contributed by atoms with Crippen molar-refractivity contribution in [2.24, 2.45) is 0 Å². The zero-order chi connectivity index (χ0) is 18.0. The van der Waals surface area contributed by atoms with Gasteiger partial charge >= 0.3 is 6.18 Å². The van der Waals surface area contributed by atoms with Crippen LogP contribution >= 0.6 is 0 Å². The molecule has 0 aliphatic heterocycles. The fourth-order valence-electron chi connectivity index (χ4n) is 2.56. The van der Waals surface area contributed by atoms with E-state index in [-0.39, 0.29) is 11.3 Å². The fourth-order valence-corrected chi connectivity index (χ4v) is 2.56. The topological polar surface area (TPSA) is 30.0 Å². The van der Waals surface area contributed by atoms with E-state index in [1.54, 1.807) is 30.5 Å². The third kappa shape index (κ3) is 3.60. The molecule has 3 aromatic rings. The Morgan fingerprint density at radius 1 is 0.960 bits per heavy atom. The number of rotatable bonds is 3. The number of halogens is 3. The van der Waals surface area contributed by atoms with E-state index in [4.69, 9.17) is 0 Å². The first-order valence-electron chi connectivity index (χ1n) is 7.60. The number of aromatic nitrogens is 1. The normalized spacial score (nSPS) is 11.4. The molecule has 0 atom stereocenters. The first kappa shape index (κ1) is 16.9. The number of carbonyl (C=O) groups excluding carboxylic acids is 1. The van der Waals surface area contributed by atoms with Crippen molar-refractivity contribution in [3.8, 4) is 11.3 Å². The molecule has 0 unspecified atom stereocenters. The van der Waals surface area contributed by atoms with E-state index in [2.05, 4.69) is 4.98 Å². The van der Waals surface area contributed by atoms with Crippen molar-refractivity contribution in [2.45, 2.75) is 13.1 Å². The molecule has 3 rings (SSSR count). The van der Waals surface area contributed by atoms with Crippen LogP contribution in [0.3, 0.4) is 0 Å². The number of aryl methyl sites for hydroxylation is 1. The largest absolute Gasteiger partial charge is 0.416 e. The minimum absolute atomic E-state index is 0.203. The van der Waals surface area contributed by atoms with Crippen LogP contribution in [0.15, 0.2) is 66.9 Å². The Kier molecular flexibility index (Phi) is 4.40. The number of hydrogen-bond acceptors (Lipinski definition) is 2. The second-order valence-electron chi connectivity index (χ2n) is 5.67. The van der Waals surface area contributed by atoms with Gasteiger partial charge in [-0.1, -0.05) is 35.9 Å². The Hall–Kier alpha value is -2.95. The maximum atomic E-state index is 12.8. The molecule has 126 valence electrons. The predicted molar refractivity (Wildman–Crippen MR) is 89.3 cm³/mol. The highest BCUT2D eigenvalue weighted by atomic mass is 19.4. The van der Waals surface area contributed by atoms with E-state index in [1.165, 1.54) is 12.1 Å². The summed E-state index contributed by atoms with van der Waals surface area (Å²) >= 11 is 0. The average molecular weight is 341 g/mol. The van der Waals surface area contributed by atoms with E-state index in [0.29, 0.717) is 16.8 Å². The summed E-state index contributed by atoms with van der Waals surface area (Å²) in [5.41, 5.74) is 2.09. The first-order valence-corrected chi connectivity index (χ1v) is 7.60. The molecule has 0 bridgehead atoms. The number of alkyl halides is 3. The van der Waals surface area contributed by atoms with Crippen LogP contribution in [0.5, 0.6) is 0 Å². The number of carbonyl (C=O) groups is 1. The van der Waals surface area contributed by atoms with Crippen molar-refractivity contribution in [1.82, 2.24) is 4.98 Å². The van der Waals surface area contributed by atoms with E-state index in [9.17, 15) is 18.0 Å². The van der Waals surface area contributed by atoms with Gasteiger partial charge in [-0.15, -0.1) is 0 Å². The van der Waals surface area contributed by atoms with Gasteiger partial charge in [0.1, 0.15) is 0 Å². The van der Waals surface area contributed by atoms with Gasteiger partial charge in [-0.25, -0.2) is 0 Å². The summed E-state index contributed by atoms with van der Waals surface area (Å²) in [7, 11) is 0. The molecular weight excluding hydrogens is 327 g/mol. The monoisotopic (exact) mass is 341 g/mol. The summed E-state index contributed by atoms with van der Waals surface area (Å²) in [6, 6.07) is 14.9. The van der Waals surface area contributed by atoms with Gasteiger partial charge in [0.05, 0.1) is 11.3 Å². The highest BCUT2D eigenvalue weighted by Crippen LogP contribution is 2.30. The van der Waals surface area contributed by atoms with Crippen LogP contribution in [0.25, 0.3) is 11.3 Å². The second kappa shape index (κ2) is 6.51. The quantitative estimate of drug-likeness (QED) is 0.605. The van der Waals surface area contributed by atoms with Crippen LogP contribution in [-0.2, 0) is 6.18 Å². The smallest absolute Gasteiger partial charge is 0.289 e. The van der Waals surface area contributed by atoms with Gasteiger partial charge in [-0.2, -0.15) is 13.2 Å². The van der Waals surface area contributed by atoms with Gasteiger partial charge in [0.25, 0.3) is 0 Å². The predicted octanol–water partition coefficient (Wildman–Crippen LogP) is 5.31. The molecule has 0 amide bonds. The summed E-state index contributed by atoms with van der Waals surface area (Å²) < 4.78 is 38.0. The maximum Gasteiger partial charge on any atom is 0.416 e. The molecule has 1 heterocycles. The molecule has 5 heteroatoms. The molecule has 2 aromatic carbocycles. The van der Waals surface area contributed by atoms with Crippen LogP contribution in [0.2, 0.25) is 0 Å². The molecule has 0 saturated carbocycles. The van der Waals surface area contributed by atoms with Crippen molar-refractivity contribution in [1.29, 1.82) is 0 Å². The molecule has 0 aliphatic rings. The standard InChI is InChI=1S/C20H14F3NO/c1-13-5-10-16(17(12-13)18-4-2-3-11-24-18)19(25)14-6-8-15(9-7-14)20(21,22)23/h2-12H,1H3. The van der Waals surface area contributed by atoms with E-state index in [1.807, 2.05) is 19.1 Å². The van der Waals surface area contributed by atoms with E-state index >= 15 is 0 Å². The SMILES string of the molecule is Cc1ccc(C(=O)c2ccc(C(F)(F)F)cc2)c(-c2ccccn2)c1. The Bertz CT molecular complexity index is 900. The maximum absolute atomic E-state index is 12.8. The van der Waals surface area contributed by atoms with E-state index < -0.39 is 11.7 Å². The van der Waals surface area contributed by atoms with Gasteiger partial charge in [0, 0.05) is 22.9 Å². The molecule has 0 aliphatic carbocycles. The van der Waals surface area contributed by atoms with Crippen LogP contribution < -0.4 is 0 Å². The summed E-state index contributed by atoms with van der Waals surface area (Å²) in [4.78, 5) is 17.1. The lowest BCUT2D eigenvalue weighted by Gasteiger charge is -2.11. The molecule has 1 aromatic heterocycles. The molecule has 25 heavy (non-hydrogen) atoms. The zero-order valence-electron chi connectivity index (χ0n) is 13.3. The molecule has 0 spiro atoms. The minimum atomic E-state index is -4.43. The Labute approximate surface area is 143 Å². The third-order valence-electron chi connectivity index (χ3n) is 3.83. The minimum Gasteiger partial charge on any atom is -0.289 e. The number of hydrogen-bond donors (Lipinski definition) is 0. The van der Waals surface area contributed by atoms with Crippen molar-refractivity contribution in [3.63, 3.8) is 0 Å². The van der Waals surface area contributed by atoms with Crippen LogP contribution in [0.4, 0.5) is 13.2 Å². The molecule has 0 N–H and O–H groups in total. The summed E-state index contributed by atoms with van der Waals surface area (Å²) in [6.07, 6.45) is -2.80. The van der Waals surface area contributed by atoms with Crippen molar-refractivity contribution in [2.75, 3.05) is 0 Å². The lowest BCUT2D eigenvalue weighted by Crippen LogP contribution is -2.07. The van der Waals surface area contributed by atoms with E-state index in [0.717, 1.165) is 17.7 Å².